The predicted molar refractivity (Wildman–Crippen MR) is 125 cm³/mol. The fraction of sp³-hybridized carbons (Fsp3) is 0.650. The maximum atomic E-state index is 12.2. The molecule has 8 heteroatoms. The molecule has 160 valence electrons. The Morgan fingerprint density at radius 2 is 1.86 bits per heavy atom. The van der Waals surface area contributed by atoms with Gasteiger partial charge in [0, 0.05) is 38.4 Å². The zero-order valence-corrected chi connectivity index (χ0v) is 20.3. The highest BCUT2D eigenvalue weighted by Gasteiger charge is 2.30. The zero-order chi connectivity index (χ0) is 20.3. The minimum absolute atomic E-state index is 0. The number of ether oxygens (including phenoxy) is 1. The quantitative estimate of drug-likeness (QED) is 0.286. The van der Waals surface area contributed by atoms with Gasteiger partial charge in [-0.05, 0) is 45.7 Å². The van der Waals surface area contributed by atoms with Gasteiger partial charge < -0.3 is 20.7 Å². The third-order valence-electron chi connectivity index (χ3n) is 4.34. The molecule has 1 amide bonds. The van der Waals surface area contributed by atoms with Crippen molar-refractivity contribution < 1.29 is 9.53 Å². The van der Waals surface area contributed by atoms with Crippen molar-refractivity contribution in [1.82, 2.24) is 20.9 Å². The van der Waals surface area contributed by atoms with E-state index in [-0.39, 0.29) is 24.0 Å². The molecule has 0 saturated carbocycles. The first kappa shape index (κ1) is 26.4. The molecule has 1 aromatic rings. The first-order valence-corrected chi connectivity index (χ1v) is 9.59. The summed E-state index contributed by atoms with van der Waals surface area (Å²) >= 11 is 0. The maximum Gasteiger partial charge on any atom is 0.408 e. The average molecular weight is 505 g/mol. The number of amides is 1. The Bertz CT molecular complexity index is 598. The molecule has 3 N–H and O–H groups in total. The van der Waals surface area contributed by atoms with E-state index >= 15 is 0 Å². The summed E-state index contributed by atoms with van der Waals surface area (Å²) in [6.07, 6.45) is 3.76. The minimum atomic E-state index is -0.520. The van der Waals surface area contributed by atoms with Crippen LogP contribution in [0.2, 0.25) is 0 Å². The van der Waals surface area contributed by atoms with E-state index in [2.05, 4.69) is 39.8 Å². The molecule has 28 heavy (non-hydrogen) atoms. The number of guanidine groups is 1. The van der Waals surface area contributed by atoms with Crippen molar-refractivity contribution >= 4 is 36.0 Å². The molecule has 0 fully saturated rings. The van der Waals surface area contributed by atoms with Crippen molar-refractivity contribution in [3.63, 3.8) is 0 Å². The summed E-state index contributed by atoms with van der Waals surface area (Å²) in [5.41, 5.74) is 0.109. The van der Waals surface area contributed by atoms with Gasteiger partial charge in [-0.2, -0.15) is 0 Å². The summed E-state index contributed by atoms with van der Waals surface area (Å²) < 4.78 is 5.41. The monoisotopic (exact) mass is 505 g/mol. The van der Waals surface area contributed by atoms with E-state index in [1.165, 1.54) is 0 Å². The number of carbonyl (C=O) groups is 1. The second-order valence-electron chi connectivity index (χ2n) is 7.54. The van der Waals surface area contributed by atoms with E-state index in [1.54, 1.807) is 13.2 Å². The van der Waals surface area contributed by atoms with Crippen LogP contribution in [0, 0.1) is 0 Å². The predicted octanol–water partition coefficient (Wildman–Crippen LogP) is 3.49. The van der Waals surface area contributed by atoms with E-state index in [4.69, 9.17) is 4.74 Å². The standard InChI is InChI=1S/C20H35N5O2.HI/c1-7-20(8-2,25-18(26)27-19(3,4)5)15-24-17(21-6)23-14-12-16-11-9-10-13-22-16;/h9-11,13H,7-8,12,14-15H2,1-6H3,(H,25,26)(H2,21,23,24);1H. The Morgan fingerprint density at radius 1 is 1.18 bits per heavy atom. The molecule has 0 aromatic carbocycles. The van der Waals surface area contributed by atoms with Crippen molar-refractivity contribution in [2.75, 3.05) is 20.1 Å². The third-order valence-corrected chi connectivity index (χ3v) is 4.34. The van der Waals surface area contributed by atoms with Gasteiger partial charge in [0.1, 0.15) is 5.60 Å². The topological polar surface area (TPSA) is 87.6 Å². The Labute approximate surface area is 186 Å². The number of carbonyl (C=O) groups excluding carboxylic acids is 1. The number of halogens is 1. The summed E-state index contributed by atoms with van der Waals surface area (Å²) in [6, 6.07) is 5.89. The molecular weight excluding hydrogens is 469 g/mol. The molecule has 0 aliphatic carbocycles. The van der Waals surface area contributed by atoms with E-state index < -0.39 is 17.2 Å². The number of nitrogens with zero attached hydrogens (tertiary/aromatic N) is 2. The molecule has 0 radical (unpaired) electrons. The lowest BCUT2D eigenvalue weighted by Gasteiger charge is -2.34. The fourth-order valence-corrected chi connectivity index (χ4v) is 2.57. The van der Waals surface area contributed by atoms with Gasteiger partial charge in [-0.3, -0.25) is 9.98 Å². The first-order chi connectivity index (χ1) is 12.7. The Balaban J connectivity index is 0.00000729. The largest absolute Gasteiger partial charge is 0.444 e. The van der Waals surface area contributed by atoms with Crippen molar-refractivity contribution in [3.8, 4) is 0 Å². The lowest BCUT2D eigenvalue weighted by atomic mass is 9.93. The van der Waals surface area contributed by atoms with Crippen LogP contribution in [0.5, 0.6) is 0 Å². The Morgan fingerprint density at radius 3 is 2.36 bits per heavy atom. The van der Waals surface area contributed by atoms with Crippen LogP contribution in [0.4, 0.5) is 4.79 Å². The molecule has 0 unspecified atom stereocenters. The molecule has 1 heterocycles. The number of aliphatic imine (C=N–C) groups is 1. The molecule has 0 aliphatic heterocycles. The van der Waals surface area contributed by atoms with Gasteiger partial charge in [0.2, 0.25) is 0 Å². The second kappa shape index (κ2) is 12.8. The maximum absolute atomic E-state index is 12.2. The molecule has 1 aromatic heterocycles. The zero-order valence-electron chi connectivity index (χ0n) is 18.0. The summed E-state index contributed by atoms with van der Waals surface area (Å²) in [5.74, 6) is 0.697. The third kappa shape index (κ3) is 10.1. The van der Waals surface area contributed by atoms with Crippen LogP contribution in [0.15, 0.2) is 29.4 Å². The van der Waals surface area contributed by atoms with Gasteiger partial charge in [0.25, 0.3) is 0 Å². The highest BCUT2D eigenvalue weighted by molar-refractivity contribution is 14.0. The molecule has 0 saturated heterocycles. The number of rotatable bonds is 8. The number of pyridine rings is 1. The highest BCUT2D eigenvalue weighted by atomic mass is 127. The van der Waals surface area contributed by atoms with Gasteiger partial charge >= 0.3 is 6.09 Å². The van der Waals surface area contributed by atoms with Crippen LogP contribution in [-0.2, 0) is 11.2 Å². The average Bonchev–Trinajstić information content (AvgIpc) is 2.62. The van der Waals surface area contributed by atoms with E-state index in [0.29, 0.717) is 12.5 Å². The van der Waals surface area contributed by atoms with Crippen molar-refractivity contribution in [2.24, 2.45) is 4.99 Å². The van der Waals surface area contributed by atoms with E-state index in [1.807, 2.05) is 39.0 Å². The van der Waals surface area contributed by atoms with Gasteiger partial charge in [-0.25, -0.2) is 4.79 Å². The number of alkyl carbamates (subject to hydrolysis) is 1. The Hall–Kier alpha value is -1.58. The number of hydrogen-bond acceptors (Lipinski definition) is 4. The molecule has 7 nitrogen and oxygen atoms in total. The molecular formula is C20H36IN5O2. The highest BCUT2D eigenvalue weighted by Crippen LogP contribution is 2.16. The van der Waals surface area contributed by atoms with Crippen LogP contribution >= 0.6 is 24.0 Å². The van der Waals surface area contributed by atoms with Crippen LogP contribution in [-0.4, -0.2) is 48.3 Å². The summed E-state index contributed by atoms with van der Waals surface area (Å²) in [6.45, 7) is 11.0. The summed E-state index contributed by atoms with van der Waals surface area (Å²) in [5, 5.41) is 9.63. The lowest BCUT2D eigenvalue weighted by molar-refractivity contribution is 0.0448. The lowest BCUT2D eigenvalue weighted by Crippen LogP contribution is -2.57. The van der Waals surface area contributed by atoms with Crippen LogP contribution in [0.1, 0.15) is 53.2 Å². The van der Waals surface area contributed by atoms with Crippen LogP contribution in [0.3, 0.4) is 0 Å². The SMILES string of the molecule is CCC(CC)(CNC(=NC)NCCc1ccccn1)NC(=O)OC(C)(C)C.I. The Kier molecular flexibility index (Phi) is 12.1. The van der Waals surface area contributed by atoms with Crippen molar-refractivity contribution in [2.45, 2.75) is 65.0 Å². The second-order valence-corrected chi connectivity index (χ2v) is 7.54. The molecule has 1 rings (SSSR count). The number of nitrogens with one attached hydrogen (secondary N) is 3. The van der Waals surface area contributed by atoms with Crippen molar-refractivity contribution in [3.05, 3.63) is 30.1 Å². The molecule has 0 bridgehead atoms. The van der Waals surface area contributed by atoms with Gasteiger partial charge in [0.15, 0.2) is 5.96 Å². The normalized spacial score (nSPS) is 12.0. The molecule has 0 atom stereocenters. The van der Waals surface area contributed by atoms with Gasteiger partial charge in [-0.15, -0.1) is 24.0 Å². The van der Waals surface area contributed by atoms with Gasteiger partial charge in [0.05, 0.1) is 5.54 Å². The fourth-order valence-electron chi connectivity index (χ4n) is 2.57. The summed E-state index contributed by atoms with van der Waals surface area (Å²) in [7, 11) is 1.73. The minimum Gasteiger partial charge on any atom is -0.444 e. The molecule has 0 spiro atoms. The van der Waals surface area contributed by atoms with Gasteiger partial charge in [-0.1, -0.05) is 19.9 Å². The smallest absolute Gasteiger partial charge is 0.408 e. The number of hydrogen-bond donors (Lipinski definition) is 3. The first-order valence-electron chi connectivity index (χ1n) is 9.59. The van der Waals surface area contributed by atoms with Crippen LogP contribution < -0.4 is 16.0 Å². The van der Waals surface area contributed by atoms with Crippen molar-refractivity contribution in [1.29, 1.82) is 0 Å². The van der Waals surface area contributed by atoms with E-state index in [0.717, 1.165) is 31.5 Å². The van der Waals surface area contributed by atoms with Crippen LogP contribution in [0.25, 0.3) is 0 Å². The number of aromatic nitrogens is 1. The summed E-state index contributed by atoms with van der Waals surface area (Å²) in [4.78, 5) is 20.8. The molecule has 0 aliphatic rings. The van der Waals surface area contributed by atoms with E-state index in [9.17, 15) is 4.79 Å².